The first-order valence-corrected chi connectivity index (χ1v) is 11.3. The highest BCUT2D eigenvalue weighted by molar-refractivity contribution is 7.19. The molecule has 3 heterocycles. The summed E-state index contributed by atoms with van der Waals surface area (Å²) < 4.78 is 9.92. The van der Waals surface area contributed by atoms with Gasteiger partial charge in [-0.25, -0.2) is 9.59 Å². The number of hydrogen-bond donors (Lipinski definition) is 0. The Morgan fingerprint density at radius 3 is 2.48 bits per heavy atom. The lowest BCUT2D eigenvalue weighted by Gasteiger charge is -2.11. The van der Waals surface area contributed by atoms with Crippen LogP contribution >= 0.6 is 22.7 Å². The minimum absolute atomic E-state index is 0.103. The average Bonchev–Trinajstić information content (AvgIpc) is 3.27. The highest BCUT2D eigenvalue weighted by atomic mass is 32.1. The van der Waals surface area contributed by atoms with E-state index in [1.54, 1.807) is 4.57 Å². The lowest BCUT2D eigenvalue weighted by molar-refractivity contribution is 0.0602. The number of carbonyl (C=O) groups excluding carboxylic acids is 1. The van der Waals surface area contributed by atoms with Crippen LogP contribution in [-0.2, 0) is 24.9 Å². The van der Waals surface area contributed by atoms with Crippen molar-refractivity contribution in [1.82, 2.24) is 13.7 Å². The van der Waals surface area contributed by atoms with Crippen molar-refractivity contribution in [3.8, 4) is 0 Å². The van der Waals surface area contributed by atoms with Gasteiger partial charge in [0.1, 0.15) is 4.83 Å². The van der Waals surface area contributed by atoms with Crippen LogP contribution in [0, 0.1) is 5.92 Å². The van der Waals surface area contributed by atoms with Crippen molar-refractivity contribution in [2.45, 2.75) is 26.9 Å². The Morgan fingerprint density at radius 1 is 1.10 bits per heavy atom. The number of thiophene rings is 1. The third-order valence-corrected chi connectivity index (χ3v) is 7.21. The molecule has 0 fully saturated rings. The van der Waals surface area contributed by atoms with E-state index in [1.165, 1.54) is 30.1 Å². The number of thiazole rings is 1. The molecule has 10 heteroatoms. The highest BCUT2D eigenvalue weighted by Crippen LogP contribution is 2.31. The van der Waals surface area contributed by atoms with E-state index in [-0.39, 0.29) is 28.3 Å². The highest BCUT2D eigenvalue weighted by Gasteiger charge is 2.27. The maximum absolute atomic E-state index is 13.0. The maximum atomic E-state index is 13.0. The second-order valence-electron chi connectivity index (χ2n) is 7.65. The van der Waals surface area contributed by atoms with Crippen molar-refractivity contribution >= 4 is 49.1 Å². The van der Waals surface area contributed by atoms with Gasteiger partial charge >= 0.3 is 16.5 Å². The van der Waals surface area contributed by atoms with Gasteiger partial charge in [-0.3, -0.25) is 23.3 Å². The summed E-state index contributed by atoms with van der Waals surface area (Å²) in [6.07, 6.45) is 0. The monoisotopic (exact) mass is 459 g/mol. The third-order valence-electron chi connectivity index (χ3n) is 5.06. The van der Waals surface area contributed by atoms with Gasteiger partial charge < -0.3 is 4.74 Å². The van der Waals surface area contributed by atoms with Crippen LogP contribution in [0.3, 0.4) is 0 Å². The van der Waals surface area contributed by atoms with Crippen LogP contribution in [0.4, 0.5) is 0 Å². The Hall–Kier alpha value is -2.98. The summed E-state index contributed by atoms with van der Waals surface area (Å²) in [5.41, 5.74) is -0.125. The Morgan fingerprint density at radius 2 is 1.81 bits per heavy atom. The van der Waals surface area contributed by atoms with E-state index in [2.05, 4.69) is 0 Å². The summed E-state index contributed by atoms with van der Waals surface area (Å²) in [7, 11) is 2.65. The Labute approximate surface area is 184 Å². The number of para-hydroxylation sites is 1. The number of carbonyl (C=O) groups is 1. The van der Waals surface area contributed by atoms with Crippen LogP contribution in [0.5, 0.6) is 0 Å². The molecule has 4 rings (SSSR count). The van der Waals surface area contributed by atoms with E-state index >= 15 is 0 Å². The van der Waals surface area contributed by atoms with Crippen molar-refractivity contribution < 1.29 is 9.53 Å². The van der Waals surface area contributed by atoms with Crippen LogP contribution < -0.4 is 16.1 Å². The van der Waals surface area contributed by atoms with E-state index in [9.17, 15) is 19.2 Å². The van der Waals surface area contributed by atoms with Gasteiger partial charge in [-0.15, -0.1) is 11.3 Å². The Bertz CT molecular complexity index is 1500. The summed E-state index contributed by atoms with van der Waals surface area (Å²) in [5, 5.41) is 0.155. The SMILES string of the molecule is COC(=O)c1c(Cn2c(=O)sc3ccccc32)sc2c1c(=O)n(C)c(=O)n2CC(C)C. The molecule has 0 spiro atoms. The molecule has 0 saturated carbocycles. The van der Waals surface area contributed by atoms with Gasteiger partial charge in [0.2, 0.25) is 0 Å². The zero-order valence-electron chi connectivity index (χ0n) is 17.5. The number of rotatable bonds is 5. The number of ether oxygens (including phenoxy) is 1. The van der Waals surface area contributed by atoms with Gasteiger partial charge in [-0.2, -0.15) is 0 Å². The predicted molar refractivity (Wildman–Crippen MR) is 123 cm³/mol. The van der Waals surface area contributed by atoms with Crippen LogP contribution in [0.25, 0.3) is 20.4 Å². The fourth-order valence-electron chi connectivity index (χ4n) is 3.64. The van der Waals surface area contributed by atoms with E-state index in [0.29, 0.717) is 16.3 Å². The zero-order valence-corrected chi connectivity index (χ0v) is 19.1. The van der Waals surface area contributed by atoms with Crippen molar-refractivity contribution in [2.75, 3.05) is 7.11 Å². The first-order valence-electron chi connectivity index (χ1n) is 9.66. The Kier molecular flexibility index (Phi) is 5.44. The molecular weight excluding hydrogens is 438 g/mol. The van der Waals surface area contributed by atoms with E-state index in [4.69, 9.17) is 4.74 Å². The average molecular weight is 460 g/mol. The van der Waals surface area contributed by atoms with Crippen molar-refractivity contribution in [3.05, 3.63) is 65.2 Å². The summed E-state index contributed by atoms with van der Waals surface area (Å²) in [5.74, 6) is -0.519. The van der Waals surface area contributed by atoms with Crippen molar-refractivity contribution in [2.24, 2.45) is 13.0 Å². The van der Waals surface area contributed by atoms with Crippen LogP contribution in [-0.4, -0.2) is 26.8 Å². The Balaban J connectivity index is 2.05. The molecular formula is C21H21N3O5S2. The quantitative estimate of drug-likeness (QED) is 0.428. The van der Waals surface area contributed by atoms with E-state index in [0.717, 1.165) is 26.1 Å². The number of esters is 1. The first kappa shape index (κ1) is 21.3. The third kappa shape index (κ3) is 3.45. The number of fused-ring (bicyclic) bond motifs is 2. The molecule has 0 N–H and O–H groups in total. The summed E-state index contributed by atoms with van der Waals surface area (Å²) in [6, 6.07) is 7.40. The number of benzene rings is 1. The molecule has 0 aliphatic carbocycles. The molecule has 0 amide bonds. The molecule has 8 nitrogen and oxygen atoms in total. The molecule has 1 aromatic carbocycles. The second-order valence-corrected chi connectivity index (χ2v) is 9.72. The first-order chi connectivity index (χ1) is 14.7. The van der Waals surface area contributed by atoms with Gasteiger partial charge in [0.15, 0.2) is 0 Å². The van der Waals surface area contributed by atoms with Gasteiger partial charge in [0.25, 0.3) is 5.56 Å². The standard InChI is InChI=1S/C21H21N3O5S2/c1-11(2)9-24-18-16(17(25)22(3)20(24)27)15(19(26)29-4)14(30-18)10-23-12-7-5-6-8-13(12)31-21(23)28/h5-8,11H,9-10H2,1-4H3. The van der Waals surface area contributed by atoms with Crippen molar-refractivity contribution in [3.63, 3.8) is 0 Å². The number of hydrogen-bond acceptors (Lipinski definition) is 7. The summed E-state index contributed by atoms with van der Waals surface area (Å²) >= 11 is 2.30. The topological polar surface area (TPSA) is 92.3 Å². The lowest BCUT2D eigenvalue weighted by Crippen LogP contribution is -2.38. The summed E-state index contributed by atoms with van der Waals surface area (Å²) in [4.78, 5) is 52.0. The summed E-state index contributed by atoms with van der Waals surface area (Å²) in [6.45, 7) is 4.43. The van der Waals surface area contributed by atoms with Crippen LogP contribution in [0.2, 0.25) is 0 Å². The van der Waals surface area contributed by atoms with Gasteiger partial charge in [0, 0.05) is 18.5 Å². The maximum Gasteiger partial charge on any atom is 0.339 e. The molecule has 0 bridgehead atoms. The fraction of sp³-hybridized carbons (Fsp3) is 0.333. The predicted octanol–water partition coefficient (Wildman–Crippen LogP) is 2.63. The molecule has 0 aliphatic heterocycles. The normalized spacial score (nSPS) is 11.6. The second kappa shape index (κ2) is 7.93. The van der Waals surface area contributed by atoms with E-state index in [1.807, 2.05) is 38.1 Å². The van der Waals surface area contributed by atoms with Gasteiger partial charge in [-0.05, 0) is 18.1 Å². The molecule has 0 unspecified atom stereocenters. The smallest absolute Gasteiger partial charge is 0.339 e. The molecule has 31 heavy (non-hydrogen) atoms. The van der Waals surface area contributed by atoms with E-state index < -0.39 is 17.2 Å². The zero-order chi connectivity index (χ0) is 22.4. The van der Waals surface area contributed by atoms with Crippen LogP contribution in [0.1, 0.15) is 29.1 Å². The number of nitrogens with zero attached hydrogens (tertiary/aromatic N) is 3. The van der Waals surface area contributed by atoms with Crippen molar-refractivity contribution in [1.29, 1.82) is 0 Å². The molecule has 4 aromatic rings. The minimum atomic E-state index is -0.666. The number of methoxy groups -OCH3 is 1. The molecule has 3 aromatic heterocycles. The fourth-order valence-corrected chi connectivity index (χ4v) is 5.80. The van der Waals surface area contributed by atoms with Crippen LogP contribution in [0.15, 0.2) is 38.6 Å². The molecule has 0 radical (unpaired) electrons. The molecule has 0 saturated heterocycles. The molecule has 0 aliphatic rings. The molecule has 0 atom stereocenters. The largest absolute Gasteiger partial charge is 0.465 e. The molecule has 162 valence electrons. The van der Waals surface area contributed by atoms with Gasteiger partial charge in [0.05, 0.1) is 34.8 Å². The minimum Gasteiger partial charge on any atom is -0.465 e. The lowest BCUT2D eigenvalue weighted by atomic mass is 10.1. The number of aromatic nitrogens is 3. The van der Waals surface area contributed by atoms with Gasteiger partial charge in [-0.1, -0.05) is 37.3 Å².